The smallest absolute Gasteiger partial charge is 0.193 e. The van der Waals surface area contributed by atoms with E-state index in [2.05, 4.69) is 55.0 Å². The molecule has 3 aromatic heterocycles. The van der Waals surface area contributed by atoms with Crippen LogP contribution in [0.1, 0.15) is 97.3 Å². The quantitative estimate of drug-likeness (QED) is 0.164. The fourth-order valence-electron chi connectivity index (χ4n) is 5.16. The second-order valence-electron chi connectivity index (χ2n) is 12.8. The van der Waals surface area contributed by atoms with Crippen molar-refractivity contribution in [1.29, 1.82) is 0 Å². The Morgan fingerprint density at radius 3 is 2.15 bits per heavy atom. The molecule has 5 aromatic rings. The normalized spacial score (nSPS) is 13.6. The number of aromatic nitrogens is 6. The van der Waals surface area contributed by atoms with E-state index >= 15 is 4.39 Å². The largest absolute Gasteiger partial charge is 0.275 e. The van der Waals surface area contributed by atoms with Crippen molar-refractivity contribution in [1.82, 2.24) is 29.6 Å². The van der Waals surface area contributed by atoms with Crippen LogP contribution in [0.25, 0.3) is 33.4 Å². The number of allylic oxidation sites excluding steroid dienone is 2. The van der Waals surface area contributed by atoms with Gasteiger partial charge in [0.05, 0.1) is 18.4 Å². The Kier molecular flexibility index (Phi) is 13.7. The third kappa shape index (κ3) is 10.2. The second kappa shape index (κ2) is 17.2. The molecular formula is C37H48F4N6. The highest BCUT2D eigenvalue weighted by Gasteiger charge is 2.25. The second-order valence-corrected chi connectivity index (χ2v) is 12.8. The first kappa shape index (κ1) is 37.4. The van der Waals surface area contributed by atoms with Crippen molar-refractivity contribution in [2.24, 2.45) is 24.8 Å². The fraction of sp³-hybridized carbons (Fsp3) is 0.459. The van der Waals surface area contributed by atoms with E-state index in [0.717, 1.165) is 29.7 Å². The highest BCUT2D eigenvalue weighted by Crippen LogP contribution is 2.31. The van der Waals surface area contributed by atoms with Crippen molar-refractivity contribution in [2.45, 2.75) is 80.3 Å². The lowest BCUT2D eigenvalue weighted by Crippen LogP contribution is -2.06. The topological polar surface area (TPSA) is 60.9 Å². The van der Waals surface area contributed by atoms with Gasteiger partial charge in [-0.15, -0.1) is 10.2 Å². The number of aryl methyl sites for hydroxylation is 1. The maximum Gasteiger partial charge on any atom is 0.193 e. The molecule has 0 radical (unpaired) electrons. The van der Waals surface area contributed by atoms with E-state index in [-0.39, 0.29) is 17.2 Å². The van der Waals surface area contributed by atoms with Gasteiger partial charge in [-0.3, -0.25) is 9.07 Å². The molecule has 254 valence electrons. The zero-order chi connectivity index (χ0) is 34.8. The van der Waals surface area contributed by atoms with E-state index < -0.39 is 12.0 Å². The van der Waals surface area contributed by atoms with Crippen molar-refractivity contribution in [3.63, 3.8) is 0 Å². The zero-order valence-electron chi connectivity index (χ0n) is 29.0. The van der Waals surface area contributed by atoms with E-state index in [9.17, 15) is 13.2 Å². The molecule has 1 aliphatic carbocycles. The van der Waals surface area contributed by atoms with Crippen molar-refractivity contribution < 1.29 is 17.6 Å². The number of hydrogen-bond acceptors (Lipinski definition) is 4. The van der Waals surface area contributed by atoms with Crippen LogP contribution in [0.3, 0.4) is 0 Å². The molecule has 0 N–H and O–H groups in total. The van der Waals surface area contributed by atoms with Crippen LogP contribution in [-0.2, 0) is 7.05 Å². The highest BCUT2D eigenvalue weighted by atomic mass is 19.1. The molecule has 0 bridgehead atoms. The zero-order valence-corrected chi connectivity index (χ0v) is 29.0. The fourth-order valence-corrected chi connectivity index (χ4v) is 5.16. The maximum atomic E-state index is 15.5. The first-order valence-electron chi connectivity index (χ1n) is 16.2. The van der Waals surface area contributed by atoms with Crippen LogP contribution in [0, 0.1) is 29.4 Å². The summed E-state index contributed by atoms with van der Waals surface area (Å²) in [5.74, 6) is 1.55. The summed E-state index contributed by atoms with van der Waals surface area (Å²) in [6.45, 7) is 15.2. The van der Waals surface area contributed by atoms with Crippen LogP contribution >= 0.6 is 0 Å². The summed E-state index contributed by atoms with van der Waals surface area (Å²) in [4.78, 5) is 0. The van der Waals surface area contributed by atoms with Gasteiger partial charge < -0.3 is 0 Å². The summed E-state index contributed by atoms with van der Waals surface area (Å²) < 4.78 is 57.3. The molecule has 1 unspecified atom stereocenters. The van der Waals surface area contributed by atoms with E-state index in [1.54, 1.807) is 37.5 Å². The van der Waals surface area contributed by atoms with Gasteiger partial charge in [-0.05, 0) is 67.4 Å². The number of alkyl halides is 2. The Balaban J connectivity index is 0.000000391. The molecular weight excluding hydrogens is 604 g/mol. The lowest BCUT2D eigenvalue weighted by Gasteiger charge is -2.10. The van der Waals surface area contributed by atoms with Gasteiger partial charge in [-0.1, -0.05) is 72.6 Å². The third-order valence-electron chi connectivity index (χ3n) is 7.53. The Morgan fingerprint density at radius 2 is 1.60 bits per heavy atom. The molecule has 1 saturated carbocycles. The number of nitrogens with zero attached hydrogens (tertiary/aromatic N) is 6. The first-order chi connectivity index (χ1) is 22.4. The predicted molar refractivity (Wildman–Crippen MR) is 183 cm³/mol. The maximum absolute atomic E-state index is 15.5. The van der Waals surface area contributed by atoms with E-state index in [0.29, 0.717) is 40.5 Å². The van der Waals surface area contributed by atoms with Gasteiger partial charge in [0, 0.05) is 41.4 Å². The Hall–Kier alpha value is -4.08. The summed E-state index contributed by atoms with van der Waals surface area (Å²) in [5, 5.41) is 17.1. The van der Waals surface area contributed by atoms with E-state index in [1.807, 2.05) is 19.9 Å². The monoisotopic (exact) mass is 652 g/mol. The minimum atomic E-state index is -1.91. The van der Waals surface area contributed by atoms with Gasteiger partial charge in [-0.25, -0.2) is 13.2 Å². The lowest BCUT2D eigenvalue weighted by molar-refractivity contribution is 0.365. The standard InChI is InChI=1S/C25H21F3N6.C7H16.C4H8.CH3F/c1-4-5-14(2)17-7-6-15(11-19(17)26)21-8-9-23-29-30-25(34(23)32-21)24(28)18-10-16-13-33(3)31-22(16)12-20(18)27;1-6(2)5-7(3)4;1-4-2-3-4;1-2/h5-13,24H,4H2,1-3H3;6-7H,5H2,1-4H3;4H,2-3H2,1H3;1H3/b14-5+;;;. The van der Waals surface area contributed by atoms with Gasteiger partial charge in [0.25, 0.3) is 0 Å². The number of hydrogen-bond donors (Lipinski definition) is 0. The molecule has 2 aromatic carbocycles. The molecule has 0 aliphatic heterocycles. The lowest BCUT2D eigenvalue weighted by atomic mass is 10.0. The molecule has 3 heterocycles. The average Bonchev–Trinajstić information content (AvgIpc) is 3.55. The Bertz CT molecular complexity index is 1760. The van der Waals surface area contributed by atoms with Crippen LogP contribution in [0.2, 0.25) is 0 Å². The number of fused-ring (bicyclic) bond motifs is 2. The van der Waals surface area contributed by atoms with Crippen LogP contribution in [0.5, 0.6) is 0 Å². The Labute approximate surface area is 275 Å². The summed E-state index contributed by atoms with van der Waals surface area (Å²) in [7, 11) is 2.21. The molecule has 1 aliphatic rings. The minimum Gasteiger partial charge on any atom is -0.275 e. The van der Waals surface area contributed by atoms with Crippen molar-refractivity contribution in [3.05, 3.63) is 83.3 Å². The van der Waals surface area contributed by atoms with Gasteiger partial charge >= 0.3 is 0 Å². The summed E-state index contributed by atoms with van der Waals surface area (Å²) in [6, 6.07) is 10.7. The van der Waals surface area contributed by atoms with E-state index in [4.69, 9.17) is 0 Å². The molecule has 6 rings (SSSR count). The molecule has 0 amide bonds. The number of benzene rings is 2. The van der Waals surface area contributed by atoms with Crippen LogP contribution in [-0.4, -0.2) is 36.8 Å². The van der Waals surface area contributed by atoms with Crippen LogP contribution in [0.4, 0.5) is 17.6 Å². The number of halogens is 4. The number of rotatable bonds is 7. The molecule has 1 fully saturated rings. The SMILES string of the molecule is CC(C)CC(C)C.CC/C=C(\C)c1ccc(-c2ccc3nnc(C(F)c4cc5cn(C)nc5cc4F)n3n2)cc1F.CC1CC1.CF. The van der Waals surface area contributed by atoms with Crippen molar-refractivity contribution in [2.75, 3.05) is 7.18 Å². The van der Waals surface area contributed by atoms with Crippen molar-refractivity contribution >= 4 is 22.1 Å². The van der Waals surface area contributed by atoms with Gasteiger partial charge in [0.1, 0.15) is 11.6 Å². The van der Waals surface area contributed by atoms with Crippen LogP contribution < -0.4 is 0 Å². The molecule has 47 heavy (non-hydrogen) atoms. The molecule has 10 heteroatoms. The van der Waals surface area contributed by atoms with Gasteiger partial charge in [0.15, 0.2) is 17.6 Å². The minimum absolute atomic E-state index is 0.169. The Morgan fingerprint density at radius 1 is 0.936 bits per heavy atom. The summed E-state index contributed by atoms with van der Waals surface area (Å²) >= 11 is 0. The molecule has 0 spiro atoms. The summed E-state index contributed by atoms with van der Waals surface area (Å²) in [6.07, 6.45) is 6.86. The summed E-state index contributed by atoms with van der Waals surface area (Å²) in [5.41, 5.74) is 2.83. The molecule has 0 saturated heterocycles. The van der Waals surface area contributed by atoms with E-state index in [1.165, 1.54) is 46.7 Å². The van der Waals surface area contributed by atoms with Crippen LogP contribution in [0.15, 0.2) is 54.7 Å². The molecule has 1 atom stereocenters. The third-order valence-corrected chi connectivity index (χ3v) is 7.53. The first-order valence-corrected chi connectivity index (χ1v) is 16.2. The van der Waals surface area contributed by atoms with Gasteiger partial charge in [0.2, 0.25) is 0 Å². The van der Waals surface area contributed by atoms with Crippen molar-refractivity contribution in [3.8, 4) is 11.3 Å². The predicted octanol–water partition coefficient (Wildman–Crippen LogP) is 10.5. The molecule has 6 nitrogen and oxygen atoms in total. The van der Waals surface area contributed by atoms with Gasteiger partial charge in [-0.2, -0.15) is 14.7 Å². The highest BCUT2D eigenvalue weighted by molar-refractivity contribution is 5.79. The average molecular weight is 653 g/mol.